The number of carbonyl (C=O) groups excluding carboxylic acids is 1. The fourth-order valence-electron chi connectivity index (χ4n) is 2.66. The molecule has 5 nitrogen and oxygen atoms in total. The Balaban J connectivity index is 2.17. The SMILES string of the molecule is C=C(O)N=C1C=Cc2sc3c(c2/C1=C/C)NC[C@@H](C)NC3=O. The van der Waals surface area contributed by atoms with E-state index in [1.807, 2.05) is 32.1 Å². The summed E-state index contributed by atoms with van der Waals surface area (Å²) in [6.45, 7) is 7.96. The molecule has 0 bridgehead atoms. The van der Waals surface area contributed by atoms with Crippen molar-refractivity contribution in [1.29, 1.82) is 0 Å². The van der Waals surface area contributed by atoms with Crippen LogP contribution in [0.3, 0.4) is 0 Å². The Morgan fingerprint density at radius 2 is 2.32 bits per heavy atom. The summed E-state index contributed by atoms with van der Waals surface area (Å²) in [7, 11) is 0. The van der Waals surface area contributed by atoms with Crippen LogP contribution in [-0.2, 0) is 0 Å². The Hall–Kier alpha value is -2.34. The van der Waals surface area contributed by atoms with E-state index < -0.39 is 0 Å². The van der Waals surface area contributed by atoms with Gasteiger partial charge in [0.2, 0.25) is 5.88 Å². The zero-order valence-corrected chi connectivity index (χ0v) is 13.3. The summed E-state index contributed by atoms with van der Waals surface area (Å²) >= 11 is 1.46. The van der Waals surface area contributed by atoms with Crippen molar-refractivity contribution in [3.05, 3.63) is 39.9 Å². The fourth-order valence-corrected chi connectivity index (χ4v) is 3.76. The summed E-state index contributed by atoms with van der Waals surface area (Å²) in [5.41, 5.74) is 3.34. The number of thiophene rings is 1. The van der Waals surface area contributed by atoms with Crippen molar-refractivity contribution >= 4 is 40.3 Å². The van der Waals surface area contributed by atoms with Crippen molar-refractivity contribution < 1.29 is 9.90 Å². The minimum absolute atomic E-state index is 0.0548. The summed E-state index contributed by atoms with van der Waals surface area (Å²) < 4.78 is 0. The lowest BCUT2D eigenvalue weighted by molar-refractivity contribution is 0.0949. The van der Waals surface area contributed by atoms with E-state index in [0.29, 0.717) is 17.1 Å². The van der Waals surface area contributed by atoms with E-state index >= 15 is 0 Å². The van der Waals surface area contributed by atoms with Crippen LogP contribution >= 0.6 is 11.3 Å². The van der Waals surface area contributed by atoms with Gasteiger partial charge in [0.25, 0.3) is 5.91 Å². The van der Waals surface area contributed by atoms with Crippen LogP contribution in [0.4, 0.5) is 5.69 Å². The van der Waals surface area contributed by atoms with Gasteiger partial charge in [0.15, 0.2) is 0 Å². The first kappa shape index (κ1) is 14.6. The third kappa shape index (κ3) is 2.35. The number of carbonyl (C=O) groups is 1. The van der Waals surface area contributed by atoms with Gasteiger partial charge in [0, 0.05) is 28.6 Å². The molecule has 0 saturated carbocycles. The number of aliphatic hydroxyl groups excluding tert-OH is 1. The molecule has 0 fully saturated rings. The molecule has 114 valence electrons. The molecule has 3 N–H and O–H groups in total. The molecule has 0 saturated heterocycles. The molecule has 1 aliphatic heterocycles. The zero-order chi connectivity index (χ0) is 15.9. The van der Waals surface area contributed by atoms with E-state index in [1.165, 1.54) is 11.3 Å². The highest BCUT2D eigenvalue weighted by molar-refractivity contribution is 7.16. The average molecular weight is 315 g/mol. The minimum atomic E-state index is -0.233. The average Bonchev–Trinajstić information content (AvgIpc) is 2.76. The monoisotopic (exact) mass is 315 g/mol. The normalized spacial score (nSPS) is 23.5. The molecule has 0 radical (unpaired) electrons. The molecule has 1 aliphatic carbocycles. The molecule has 1 amide bonds. The van der Waals surface area contributed by atoms with Gasteiger partial charge < -0.3 is 15.7 Å². The Morgan fingerprint density at radius 3 is 3.00 bits per heavy atom. The Bertz CT molecular complexity index is 756. The number of aliphatic hydroxyl groups is 1. The molecular weight excluding hydrogens is 298 g/mol. The van der Waals surface area contributed by atoms with E-state index in [4.69, 9.17) is 0 Å². The van der Waals surface area contributed by atoms with Gasteiger partial charge in [0.05, 0.1) is 11.4 Å². The van der Waals surface area contributed by atoms with Crippen LogP contribution in [0.5, 0.6) is 0 Å². The molecule has 2 heterocycles. The highest BCUT2D eigenvalue weighted by atomic mass is 32.1. The number of rotatable bonds is 1. The minimum Gasteiger partial charge on any atom is -0.494 e. The fraction of sp³-hybridized carbons (Fsp3) is 0.250. The second-order valence-corrected chi connectivity index (χ2v) is 6.30. The van der Waals surface area contributed by atoms with Crippen LogP contribution in [0.1, 0.15) is 34.0 Å². The number of hydrogen-bond donors (Lipinski definition) is 3. The molecule has 2 aliphatic rings. The van der Waals surface area contributed by atoms with Crippen molar-refractivity contribution in [2.45, 2.75) is 19.9 Å². The topological polar surface area (TPSA) is 73.7 Å². The lowest BCUT2D eigenvalue weighted by atomic mass is 9.94. The maximum atomic E-state index is 12.3. The summed E-state index contributed by atoms with van der Waals surface area (Å²) in [4.78, 5) is 18.1. The van der Waals surface area contributed by atoms with Gasteiger partial charge in [-0.25, -0.2) is 4.99 Å². The maximum Gasteiger partial charge on any atom is 0.263 e. The second kappa shape index (κ2) is 5.46. The van der Waals surface area contributed by atoms with Gasteiger partial charge in [-0.15, -0.1) is 11.3 Å². The quantitative estimate of drug-likeness (QED) is 0.697. The van der Waals surface area contributed by atoms with Gasteiger partial charge >= 0.3 is 0 Å². The van der Waals surface area contributed by atoms with Gasteiger partial charge in [-0.2, -0.15) is 0 Å². The van der Waals surface area contributed by atoms with Crippen LogP contribution in [-0.4, -0.2) is 29.3 Å². The van der Waals surface area contributed by atoms with Crippen molar-refractivity contribution in [1.82, 2.24) is 5.32 Å². The van der Waals surface area contributed by atoms with E-state index in [-0.39, 0.29) is 17.8 Å². The van der Waals surface area contributed by atoms with Crippen molar-refractivity contribution in [2.75, 3.05) is 11.9 Å². The predicted octanol–water partition coefficient (Wildman–Crippen LogP) is 3.19. The molecule has 22 heavy (non-hydrogen) atoms. The number of fused-ring (bicyclic) bond motifs is 3. The molecular formula is C16H17N3O2S. The Labute approximate surface area is 132 Å². The van der Waals surface area contributed by atoms with Crippen LogP contribution < -0.4 is 10.6 Å². The molecule has 6 heteroatoms. The number of amides is 1. The van der Waals surface area contributed by atoms with Crippen LogP contribution in [0, 0.1) is 0 Å². The molecule has 1 aromatic heterocycles. The van der Waals surface area contributed by atoms with E-state index in [0.717, 1.165) is 21.7 Å². The lowest BCUT2D eigenvalue weighted by Gasteiger charge is -2.16. The zero-order valence-electron chi connectivity index (χ0n) is 12.4. The van der Waals surface area contributed by atoms with Crippen LogP contribution in [0.2, 0.25) is 0 Å². The largest absolute Gasteiger partial charge is 0.494 e. The van der Waals surface area contributed by atoms with Gasteiger partial charge in [0.1, 0.15) is 4.88 Å². The van der Waals surface area contributed by atoms with Crippen molar-refractivity contribution in [3.8, 4) is 0 Å². The van der Waals surface area contributed by atoms with E-state index in [9.17, 15) is 9.90 Å². The number of aliphatic imine (C=N–C) groups is 1. The Kier molecular flexibility index (Phi) is 3.62. The van der Waals surface area contributed by atoms with Gasteiger partial charge in [-0.1, -0.05) is 6.08 Å². The molecule has 0 aromatic carbocycles. The van der Waals surface area contributed by atoms with E-state index in [2.05, 4.69) is 22.2 Å². The summed E-state index contributed by atoms with van der Waals surface area (Å²) in [5, 5.41) is 15.7. The Morgan fingerprint density at radius 1 is 1.55 bits per heavy atom. The van der Waals surface area contributed by atoms with Gasteiger partial charge in [-0.05, 0) is 32.6 Å². The number of allylic oxidation sites excluding steroid dienone is 3. The first-order chi connectivity index (χ1) is 10.5. The van der Waals surface area contributed by atoms with Crippen LogP contribution in [0.25, 0.3) is 11.6 Å². The van der Waals surface area contributed by atoms with Crippen molar-refractivity contribution in [3.63, 3.8) is 0 Å². The summed E-state index contributed by atoms with van der Waals surface area (Å²) in [6.07, 6.45) is 5.68. The predicted molar refractivity (Wildman–Crippen MR) is 91.6 cm³/mol. The summed E-state index contributed by atoms with van der Waals surface area (Å²) in [5.74, 6) is -0.288. The molecule has 1 atom stereocenters. The molecule has 3 rings (SSSR count). The first-order valence-electron chi connectivity index (χ1n) is 7.04. The number of hydrogen-bond acceptors (Lipinski definition) is 5. The second-order valence-electron chi connectivity index (χ2n) is 5.25. The van der Waals surface area contributed by atoms with Gasteiger partial charge in [-0.3, -0.25) is 4.79 Å². The third-order valence-corrected chi connectivity index (χ3v) is 4.73. The highest BCUT2D eigenvalue weighted by Crippen LogP contribution is 2.42. The number of nitrogens with zero attached hydrogens (tertiary/aromatic N) is 1. The molecule has 1 aromatic rings. The summed E-state index contributed by atoms with van der Waals surface area (Å²) in [6, 6.07) is 0.0706. The first-order valence-corrected chi connectivity index (χ1v) is 7.86. The maximum absolute atomic E-state index is 12.3. The smallest absolute Gasteiger partial charge is 0.263 e. The standard InChI is InChI=1S/C16H17N3O2S/c1-4-10-11(19-9(3)20)5-6-12-13(10)14-15(22-12)16(21)18-8(2)7-17-14/h4-6,8,17,20H,3,7H2,1-2H3,(H,18,21)/b10-4+,19-11?/t8-/m1/s1. The number of nitrogens with one attached hydrogen (secondary N) is 2. The molecule has 0 spiro atoms. The van der Waals surface area contributed by atoms with Crippen LogP contribution in [0.15, 0.2) is 29.6 Å². The van der Waals surface area contributed by atoms with Crippen molar-refractivity contribution in [2.24, 2.45) is 4.99 Å². The third-order valence-electron chi connectivity index (χ3n) is 3.58. The highest BCUT2D eigenvalue weighted by Gasteiger charge is 2.29. The lowest BCUT2D eigenvalue weighted by Crippen LogP contribution is -2.34. The molecule has 0 unspecified atom stereocenters. The van der Waals surface area contributed by atoms with E-state index in [1.54, 1.807) is 0 Å². The number of anilines is 1.